The first-order chi connectivity index (χ1) is 8.26. The predicted octanol–water partition coefficient (Wildman–Crippen LogP) is 3.72. The van der Waals surface area contributed by atoms with Gasteiger partial charge in [0.05, 0.1) is 19.0 Å². The molecule has 0 amide bonds. The monoisotopic (exact) mass is 300 g/mol. The Morgan fingerprint density at radius 3 is 2.94 bits per heavy atom. The van der Waals surface area contributed by atoms with Crippen molar-refractivity contribution >= 4 is 15.9 Å². The summed E-state index contributed by atoms with van der Waals surface area (Å²) in [6.07, 6.45) is 8.23. The van der Waals surface area contributed by atoms with E-state index in [1.165, 1.54) is 37.8 Å². The van der Waals surface area contributed by atoms with E-state index in [1.807, 2.05) is 6.20 Å². The number of nitrogens with zero attached hydrogens (tertiary/aromatic N) is 2. The van der Waals surface area contributed by atoms with Gasteiger partial charge in [0.2, 0.25) is 0 Å². The maximum atomic E-state index is 5.46. The van der Waals surface area contributed by atoms with Gasteiger partial charge >= 0.3 is 0 Å². The van der Waals surface area contributed by atoms with Crippen molar-refractivity contribution in [2.75, 3.05) is 7.11 Å². The molecule has 1 heterocycles. The first-order valence-corrected chi connectivity index (χ1v) is 7.41. The summed E-state index contributed by atoms with van der Waals surface area (Å²) in [7, 11) is 1.74. The van der Waals surface area contributed by atoms with Crippen LogP contribution in [0.5, 0.6) is 5.75 Å². The van der Waals surface area contributed by atoms with Gasteiger partial charge in [-0.15, -0.1) is 0 Å². The van der Waals surface area contributed by atoms with Gasteiger partial charge in [-0.1, -0.05) is 28.8 Å². The third-order valence-corrected chi connectivity index (χ3v) is 4.44. The molecule has 96 valence electrons. The Morgan fingerprint density at radius 2 is 2.24 bits per heavy atom. The van der Waals surface area contributed by atoms with E-state index in [1.54, 1.807) is 7.11 Å². The molecule has 0 aromatic carbocycles. The molecule has 2 rings (SSSR count). The van der Waals surface area contributed by atoms with Crippen LogP contribution < -0.4 is 4.74 Å². The van der Waals surface area contributed by atoms with Crippen molar-refractivity contribution in [2.45, 2.75) is 56.3 Å². The summed E-state index contributed by atoms with van der Waals surface area (Å²) in [6, 6.07) is 0. The van der Waals surface area contributed by atoms with Crippen LogP contribution in [0, 0.1) is 0 Å². The zero-order valence-corrected chi connectivity index (χ0v) is 12.2. The molecule has 4 heteroatoms. The molecule has 0 spiro atoms. The summed E-state index contributed by atoms with van der Waals surface area (Å²) < 4.78 is 7.55. The Labute approximate surface area is 112 Å². The molecule has 1 fully saturated rings. The van der Waals surface area contributed by atoms with Crippen LogP contribution in [-0.2, 0) is 6.54 Å². The van der Waals surface area contributed by atoms with Crippen molar-refractivity contribution in [1.29, 1.82) is 0 Å². The third-order valence-electron chi connectivity index (χ3n) is 3.61. The molecule has 2 unspecified atom stereocenters. The van der Waals surface area contributed by atoms with Crippen molar-refractivity contribution < 1.29 is 4.74 Å². The van der Waals surface area contributed by atoms with Gasteiger partial charge in [-0.3, -0.25) is 4.68 Å². The molecule has 2 atom stereocenters. The average molecular weight is 301 g/mol. The molecule has 17 heavy (non-hydrogen) atoms. The van der Waals surface area contributed by atoms with Crippen LogP contribution >= 0.6 is 15.9 Å². The molecule has 1 aliphatic rings. The number of halogens is 1. The lowest BCUT2D eigenvalue weighted by atomic mass is 9.96. The molecule has 0 saturated heterocycles. The molecule has 0 N–H and O–H groups in total. The predicted molar refractivity (Wildman–Crippen MR) is 73.0 cm³/mol. The second kappa shape index (κ2) is 5.89. The maximum Gasteiger partial charge on any atom is 0.160 e. The zero-order valence-electron chi connectivity index (χ0n) is 10.7. The highest BCUT2D eigenvalue weighted by molar-refractivity contribution is 9.09. The Morgan fingerprint density at radius 1 is 1.47 bits per heavy atom. The van der Waals surface area contributed by atoms with Crippen molar-refractivity contribution in [3.05, 3.63) is 11.9 Å². The van der Waals surface area contributed by atoms with E-state index in [2.05, 4.69) is 32.6 Å². The summed E-state index contributed by atoms with van der Waals surface area (Å²) in [5.74, 6) is 1.54. The van der Waals surface area contributed by atoms with Crippen molar-refractivity contribution in [2.24, 2.45) is 0 Å². The first kappa shape index (κ1) is 12.9. The molecule has 1 aliphatic carbocycles. The molecular weight excluding hydrogens is 280 g/mol. The summed E-state index contributed by atoms with van der Waals surface area (Å²) in [4.78, 5) is 0.639. The highest BCUT2D eigenvalue weighted by atomic mass is 79.9. The summed E-state index contributed by atoms with van der Waals surface area (Å²) in [6.45, 7) is 3.06. The smallest absolute Gasteiger partial charge is 0.160 e. The van der Waals surface area contributed by atoms with Gasteiger partial charge in [0, 0.05) is 17.3 Å². The Hall–Kier alpha value is -0.510. The molecule has 0 aliphatic heterocycles. The van der Waals surface area contributed by atoms with E-state index < -0.39 is 0 Å². The van der Waals surface area contributed by atoms with Gasteiger partial charge in [0.1, 0.15) is 0 Å². The summed E-state index contributed by atoms with van der Waals surface area (Å²) >= 11 is 3.79. The van der Waals surface area contributed by atoms with Crippen LogP contribution in [0.25, 0.3) is 0 Å². The van der Waals surface area contributed by atoms with Crippen LogP contribution in [-0.4, -0.2) is 21.7 Å². The van der Waals surface area contributed by atoms with Crippen molar-refractivity contribution in [3.8, 4) is 5.75 Å². The highest BCUT2D eigenvalue weighted by Gasteiger charge is 2.25. The molecule has 0 radical (unpaired) electrons. The van der Waals surface area contributed by atoms with E-state index in [-0.39, 0.29) is 0 Å². The van der Waals surface area contributed by atoms with E-state index >= 15 is 0 Å². The SMILES string of the molecule is CCn1ncc(OC)c1C1CCCCC(Br)C1. The van der Waals surface area contributed by atoms with Crippen molar-refractivity contribution in [1.82, 2.24) is 9.78 Å². The average Bonchev–Trinajstić information content (AvgIpc) is 2.64. The van der Waals surface area contributed by atoms with Crippen LogP contribution in [0.4, 0.5) is 0 Å². The minimum absolute atomic E-state index is 0.583. The van der Waals surface area contributed by atoms with Gasteiger partial charge in [-0.2, -0.15) is 5.10 Å². The number of aryl methyl sites for hydroxylation is 1. The third kappa shape index (κ3) is 2.84. The molecule has 3 nitrogen and oxygen atoms in total. The van der Waals surface area contributed by atoms with Gasteiger partial charge < -0.3 is 4.74 Å². The van der Waals surface area contributed by atoms with E-state index in [9.17, 15) is 0 Å². The van der Waals surface area contributed by atoms with E-state index in [0.29, 0.717) is 10.7 Å². The minimum atomic E-state index is 0.583. The second-order valence-electron chi connectivity index (χ2n) is 4.73. The van der Waals surface area contributed by atoms with Gasteiger partial charge in [-0.05, 0) is 26.2 Å². The summed E-state index contributed by atoms with van der Waals surface area (Å²) in [5, 5.41) is 4.41. The van der Waals surface area contributed by atoms with Gasteiger partial charge in [0.15, 0.2) is 5.75 Å². The number of hydrogen-bond acceptors (Lipinski definition) is 2. The molecule has 1 aromatic rings. The normalized spacial score (nSPS) is 25.6. The highest BCUT2D eigenvalue weighted by Crippen LogP contribution is 2.38. The Balaban J connectivity index is 2.26. The lowest BCUT2D eigenvalue weighted by molar-refractivity contribution is 0.396. The van der Waals surface area contributed by atoms with Crippen LogP contribution in [0.3, 0.4) is 0 Å². The van der Waals surface area contributed by atoms with Gasteiger partial charge in [-0.25, -0.2) is 0 Å². The number of alkyl halides is 1. The lowest BCUT2D eigenvalue weighted by Gasteiger charge is -2.18. The lowest BCUT2D eigenvalue weighted by Crippen LogP contribution is -2.11. The quantitative estimate of drug-likeness (QED) is 0.628. The number of methoxy groups -OCH3 is 1. The van der Waals surface area contributed by atoms with Crippen LogP contribution in [0.15, 0.2) is 6.20 Å². The molecular formula is C13H21BrN2O. The number of ether oxygens (including phenoxy) is 1. The van der Waals surface area contributed by atoms with E-state index in [4.69, 9.17) is 4.74 Å². The molecule has 1 saturated carbocycles. The standard InChI is InChI=1S/C13H21BrN2O/c1-3-16-13(12(17-2)9-15-16)10-6-4-5-7-11(14)8-10/h9-11H,3-8H2,1-2H3. The zero-order chi connectivity index (χ0) is 12.3. The topological polar surface area (TPSA) is 27.1 Å². The minimum Gasteiger partial charge on any atom is -0.493 e. The van der Waals surface area contributed by atoms with Gasteiger partial charge in [0.25, 0.3) is 0 Å². The fourth-order valence-electron chi connectivity index (χ4n) is 2.75. The second-order valence-corrected chi connectivity index (χ2v) is 6.02. The Bertz CT molecular complexity index is 343. The summed E-state index contributed by atoms with van der Waals surface area (Å²) in [5.41, 5.74) is 1.29. The fourth-order valence-corrected chi connectivity index (χ4v) is 3.52. The molecule has 0 bridgehead atoms. The largest absolute Gasteiger partial charge is 0.493 e. The first-order valence-electron chi connectivity index (χ1n) is 6.50. The molecule has 1 aromatic heterocycles. The van der Waals surface area contributed by atoms with Crippen LogP contribution in [0.1, 0.15) is 50.6 Å². The van der Waals surface area contributed by atoms with Crippen molar-refractivity contribution in [3.63, 3.8) is 0 Å². The maximum absolute atomic E-state index is 5.46. The van der Waals surface area contributed by atoms with Crippen LogP contribution in [0.2, 0.25) is 0 Å². The number of rotatable bonds is 3. The fraction of sp³-hybridized carbons (Fsp3) is 0.769. The Kier molecular flexibility index (Phi) is 4.48. The van der Waals surface area contributed by atoms with E-state index in [0.717, 1.165) is 12.3 Å². The number of hydrogen-bond donors (Lipinski definition) is 0. The number of aromatic nitrogens is 2.